The number of pyridine rings is 1. The van der Waals surface area contributed by atoms with Crippen LogP contribution in [0.25, 0.3) is 11.0 Å². The molecule has 4 rings (SSSR count). The molecule has 2 aromatic rings. The number of anilines is 1. The molecule has 0 spiro atoms. The average Bonchev–Trinajstić information content (AvgIpc) is 3.18. The van der Waals surface area contributed by atoms with Gasteiger partial charge in [-0.2, -0.15) is 22.4 Å². The van der Waals surface area contributed by atoms with Gasteiger partial charge in [0.1, 0.15) is 5.65 Å². The molecule has 2 aliphatic rings. The third-order valence-corrected chi connectivity index (χ3v) is 9.06. The first-order valence-electron chi connectivity index (χ1n) is 12.5. The summed E-state index contributed by atoms with van der Waals surface area (Å²) in [5.41, 5.74) is -0.632. The number of nitrogens with one attached hydrogen (secondary N) is 2. The van der Waals surface area contributed by atoms with E-state index in [2.05, 4.69) is 20.0 Å². The number of aliphatic hydroxyl groups is 1. The molecule has 2 aromatic heterocycles. The van der Waals surface area contributed by atoms with Crippen LogP contribution in [0, 0.1) is 6.92 Å². The van der Waals surface area contributed by atoms with Gasteiger partial charge < -0.3 is 15.2 Å². The monoisotopic (exact) mass is 522 g/mol. The Kier molecular flexibility index (Phi) is 7.46. The third kappa shape index (κ3) is 5.57. The summed E-state index contributed by atoms with van der Waals surface area (Å²) in [6.45, 7) is 8.10. The van der Waals surface area contributed by atoms with E-state index in [1.807, 2.05) is 13.8 Å². The van der Waals surface area contributed by atoms with Gasteiger partial charge in [0.2, 0.25) is 5.95 Å². The van der Waals surface area contributed by atoms with Crippen molar-refractivity contribution in [1.82, 2.24) is 23.6 Å². The zero-order chi connectivity index (χ0) is 26.3. The summed E-state index contributed by atoms with van der Waals surface area (Å²) in [5, 5.41) is 15.0. The van der Waals surface area contributed by atoms with Crippen LogP contribution in [0.5, 0.6) is 0 Å². The lowest BCUT2D eigenvalue weighted by molar-refractivity contribution is 0.0265. The number of hydrogen-bond acceptors (Lipinski definition) is 8. The number of methoxy groups -OCH3 is 1. The van der Waals surface area contributed by atoms with Gasteiger partial charge in [-0.05, 0) is 65.9 Å². The Morgan fingerprint density at radius 2 is 1.97 bits per heavy atom. The minimum Gasteiger partial charge on any atom is -0.388 e. The first-order valence-corrected chi connectivity index (χ1v) is 13.9. The van der Waals surface area contributed by atoms with Crippen LogP contribution in [0.3, 0.4) is 0 Å². The number of ether oxygens (including phenoxy) is 1. The summed E-state index contributed by atoms with van der Waals surface area (Å²) in [6, 6.07) is 1.42. The van der Waals surface area contributed by atoms with Crippen molar-refractivity contribution in [3.8, 4) is 0 Å². The second-order valence-electron chi connectivity index (χ2n) is 10.8. The second-order valence-corrected chi connectivity index (χ2v) is 12.6. The van der Waals surface area contributed by atoms with E-state index in [0.717, 1.165) is 11.8 Å². The molecule has 1 aliphatic carbocycles. The standard InChI is InChI=1S/C24H38N6O5S/c1-16-13-17-14-25-22(28-20(17)30(21(16)31)19-7-6-10-24(19,4)32)27-18-8-11-29(12-9-18)36(33,34)26-15-23(2,3)35-5/h13-14,18-19,26,32H,6-12,15H2,1-5H3,(H,25,27,28). The minimum absolute atomic E-state index is 0.00970. The summed E-state index contributed by atoms with van der Waals surface area (Å²) in [7, 11) is -2.05. The quantitative estimate of drug-likeness (QED) is 0.476. The fraction of sp³-hybridized carbons (Fsp3) is 0.708. The molecule has 12 heteroatoms. The van der Waals surface area contributed by atoms with E-state index in [-0.39, 0.29) is 24.2 Å². The molecule has 2 atom stereocenters. The Morgan fingerprint density at radius 1 is 1.28 bits per heavy atom. The SMILES string of the molecule is COC(C)(C)CNS(=O)(=O)N1CCC(Nc2ncc3cc(C)c(=O)n(C4CCCC4(C)O)c3n2)CC1. The summed E-state index contributed by atoms with van der Waals surface area (Å²) in [4.78, 5) is 22.3. The van der Waals surface area contributed by atoms with Crippen molar-refractivity contribution in [1.29, 1.82) is 0 Å². The van der Waals surface area contributed by atoms with E-state index in [1.54, 1.807) is 37.8 Å². The smallest absolute Gasteiger partial charge is 0.279 e. The van der Waals surface area contributed by atoms with Crippen molar-refractivity contribution in [3.63, 3.8) is 0 Å². The van der Waals surface area contributed by atoms with Gasteiger partial charge in [-0.25, -0.2) is 4.98 Å². The van der Waals surface area contributed by atoms with Crippen LogP contribution >= 0.6 is 0 Å². The predicted octanol–water partition coefficient (Wildman–Crippen LogP) is 1.71. The first-order chi connectivity index (χ1) is 16.8. The molecule has 0 amide bonds. The Hall–Kier alpha value is -2.12. The molecule has 3 heterocycles. The van der Waals surface area contributed by atoms with Crippen LogP contribution < -0.4 is 15.6 Å². The number of hydrogen-bond donors (Lipinski definition) is 3. The molecular weight excluding hydrogens is 484 g/mol. The topological polar surface area (TPSA) is 139 Å². The molecule has 36 heavy (non-hydrogen) atoms. The van der Waals surface area contributed by atoms with Crippen molar-refractivity contribution in [3.05, 3.63) is 28.2 Å². The van der Waals surface area contributed by atoms with E-state index < -0.39 is 21.4 Å². The van der Waals surface area contributed by atoms with Gasteiger partial charge >= 0.3 is 0 Å². The molecule has 0 bridgehead atoms. The fourth-order valence-electron chi connectivity index (χ4n) is 5.01. The third-order valence-electron chi connectivity index (χ3n) is 7.50. The van der Waals surface area contributed by atoms with E-state index in [4.69, 9.17) is 4.74 Å². The highest BCUT2D eigenvalue weighted by Crippen LogP contribution is 2.39. The summed E-state index contributed by atoms with van der Waals surface area (Å²) in [5.74, 6) is 0.387. The maximum absolute atomic E-state index is 13.1. The molecule has 1 saturated carbocycles. The maximum Gasteiger partial charge on any atom is 0.279 e. The van der Waals surface area contributed by atoms with Crippen molar-refractivity contribution >= 4 is 27.2 Å². The van der Waals surface area contributed by atoms with Gasteiger partial charge in [0.25, 0.3) is 15.8 Å². The molecule has 2 unspecified atom stereocenters. The molecule has 200 valence electrons. The van der Waals surface area contributed by atoms with E-state index in [0.29, 0.717) is 55.9 Å². The maximum atomic E-state index is 13.1. The van der Waals surface area contributed by atoms with Crippen LogP contribution in [-0.4, -0.2) is 76.4 Å². The van der Waals surface area contributed by atoms with Gasteiger partial charge in [-0.1, -0.05) is 0 Å². The highest BCUT2D eigenvalue weighted by molar-refractivity contribution is 7.87. The Labute approximate surface area is 212 Å². The zero-order valence-electron chi connectivity index (χ0n) is 21.7. The van der Waals surface area contributed by atoms with E-state index >= 15 is 0 Å². The largest absolute Gasteiger partial charge is 0.388 e. The van der Waals surface area contributed by atoms with Crippen LogP contribution in [0.15, 0.2) is 17.1 Å². The molecule has 2 fully saturated rings. The molecule has 0 aromatic carbocycles. The zero-order valence-corrected chi connectivity index (χ0v) is 22.6. The number of aryl methyl sites for hydroxylation is 1. The van der Waals surface area contributed by atoms with Crippen LogP contribution in [0.4, 0.5) is 5.95 Å². The fourth-order valence-corrected chi connectivity index (χ4v) is 6.41. The normalized spacial score (nSPS) is 24.4. The lowest BCUT2D eigenvalue weighted by Gasteiger charge is -2.33. The number of piperidine rings is 1. The second kappa shape index (κ2) is 9.97. The van der Waals surface area contributed by atoms with Gasteiger partial charge in [0.15, 0.2) is 0 Å². The van der Waals surface area contributed by atoms with E-state index in [9.17, 15) is 18.3 Å². The summed E-state index contributed by atoms with van der Waals surface area (Å²) < 4.78 is 36.4. The first kappa shape index (κ1) is 26.9. The van der Waals surface area contributed by atoms with Gasteiger partial charge in [0, 0.05) is 49.9 Å². The number of nitrogens with zero attached hydrogens (tertiary/aromatic N) is 4. The van der Waals surface area contributed by atoms with Gasteiger partial charge in [-0.15, -0.1) is 0 Å². The summed E-state index contributed by atoms with van der Waals surface area (Å²) >= 11 is 0. The minimum atomic E-state index is -3.60. The highest BCUT2D eigenvalue weighted by atomic mass is 32.2. The van der Waals surface area contributed by atoms with Crippen LogP contribution in [0.1, 0.15) is 64.5 Å². The molecule has 1 saturated heterocycles. The van der Waals surface area contributed by atoms with E-state index in [1.165, 1.54) is 4.31 Å². The van der Waals surface area contributed by atoms with Gasteiger partial charge in [-0.3, -0.25) is 9.36 Å². The predicted molar refractivity (Wildman–Crippen MR) is 138 cm³/mol. The average molecular weight is 523 g/mol. The van der Waals surface area contributed by atoms with Crippen molar-refractivity contribution in [2.45, 2.75) is 83.1 Å². The molecule has 1 aliphatic heterocycles. The lowest BCUT2D eigenvalue weighted by atomic mass is 9.99. The van der Waals surface area contributed by atoms with Crippen LogP contribution in [-0.2, 0) is 14.9 Å². The van der Waals surface area contributed by atoms with Crippen LogP contribution in [0.2, 0.25) is 0 Å². The Balaban J connectivity index is 1.49. The van der Waals surface area contributed by atoms with Crippen molar-refractivity contribution in [2.24, 2.45) is 0 Å². The number of fused-ring (bicyclic) bond motifs is 1. The molecule has 3 N–H and O–H groups in total. The Morgan fingerprint density at radius 3 is 2.58 bits per heavy atom. The van der Waals surface area contributed by atoms with Gasteiger partial charge in [0.05, 0.1) is 17.2 Å². The highest BCUT2D eigenvalue weighted by Gasteiger charge is 2.39. The molecular formula is C24H38N6O5S. The molecule has 11 nitrogen and oxygen atoms in total. The van der Waals surface area contributed by atoms with Crippen molar-refractivity contribution < 1.29 is 18.3 Å². The Bertz CT molecular complexity index is 1270. The number of aromatic nitrogens is 3. The summed E-state index contributed by atoms with van der Waals surface area (Å²) in [6.07, 6.45) is 5.06. The molecule has 0 radical (unpaired) electrons. The number of rotatable bonds is 8. The van der Waals surface area contributed by atoms with Crippen molar-refractivity contribution in [2.75, 3.05) is 32.1 Å². The lowest BCUT2D eigenvalue weighted by Crippen LogP contribution is -2.50.